The lowest BCUT2D eigenvalue weighted by atomic mass is 10.2. The van der Waals surface area contributed by atoms with Gasteiger partial charge in [-0.2, -0.15) is 0 Å². The van der Waals surface area contributed by atoms with Gasteiger partial charge in [0.15, 0.2) is 5.13 Å². The normalized spacial score (nSPS) is 10.7. The van der Waals surface area contributed by atoms with E-state index in [0.717, 1.165) is 4.70 Å². The fraction of sp³-hybridized carbons (Fsp3) is 0.0667. The second-order valence-corrected chi connectivity index (χ2v) is 6.01. The Morgan fingerprint density at radius 2 is 2.22 bits per heavy atom. The summed E-state index contributed by atoms with van der Waals surface area (Å²) in [4.78, 5) is 14.7. The molecule has 0 aliphatic heterocycles. The van der Waals surface area contributed by atoms with Gasteiger partial charge in [0.1, 0.15) is 18.2 Å². The molecule has 1 aromatic heterocycles. The Morgan fingerprint density at radius 1 is 1.39 bits per heavy atom. The van der Waals surface area contributed by atoms with Crippen molar-refractivity contribution >= 4 is 44.4 Å². The van der Waals surface area contributed by atoms with Crippen LogP contribution in [0.5, 0.6) is 5.75 Å². The van der Waals surface area contributed by atoms with Gasteiger partial charge >= 0.3 is 6.09 Å². The third kappa shape index (κ3) is 3.52. The van der Waals surface area contributed by atoms with Crippen molar-refractivity contribution in [3.05, 3.63) is 52.8 Å². The number of amides is 1. The van der Waals surface area contributed by atoms with Crippen LogP contribution in [-0.2, 0) is 6.61 Å². The SMILES string of the molecule is O=C(O)Nc1nc2ccc(OCc3c(F)cccc3Cl)cc2s1. The number of ether oxygens (including phenoxy) is 1. The molecule has 8 heteroatoms. The first-order chi connectivity index (χ1) is 11.0. The van der Waals surface area contributed by atoms with Crippen LogP contribution < -0.4 is 10.1 Å². The predicted octanol–water partition coefficient (Wildman–Crippen LogP) is 4.76. The lowest BCUT2D eigenvalue weighted by Crippen LogP contribution is -2.06. The number of hydrogen-bond acceptors (Lipinski definition) is 4. The van der Waals surface area contributed by atoms with Gasteiger partial charge in [-0.05, 0) is 30.3 Å². The van der Waals surface area contributed by atoms with Crippen LogP contribution in [0.1, 0.15) is 5.56 Å². The zero-order valence-corrected chi connectivity index (χ0v) is 13.1. The zero-order valence-electron chi connectivity index (χ0n) is 11.5. The Bertz CT molecular complexity index is 864. The molecular weight excluding hydrogens is 343 g/mol. The molecule has 1 heterocycles. The van der Waals surface area contributed by atoms with Gasteiger partial charge in [-0.3, -0.25) is 5.32 Å². The number of nitrogens with one attached hydrogen (secondary N) is 1. The van der Waals surface area contributed by atoms with Crippen molar-refractivity contribution in [1.82, 2.24) is 4.98 Å². The van der Waals surface area contributed by atoms with E-state index in [0.29, 0.717) is 16.3 Å². The van der Waals surface area contributed by atoms with Crippen molar-refractivity contribution in [2.24, 2.45) is 0 Å². The summed E-state index contributed by atoms with van der Waals surface area (Å²) in [6.07, 6.45) is -1.17. The molecule has 0 unspecified atom stereocenters. The molecule has 1 amide bonds. The minimum atomic E-state index is -1.17. The standard InChI is InChI=1S/C15H10ClFN2O3S/c16-10-2-1-3-11(17)9(10)7-22-8-4-5-12-13(6-8)23-14(18-12)19-15(20)21/h1-6H,7H2,(H,18,19)(H,20,21). The Morgan fingerprint density at radius 3 is 2.96 bits per heavy atom. The first-order valence-corrected chi connectivity index (χ1v) is 7.68. The number of rotatable bonds is 4. The maximum atomic E-state index is 13.7. The second kappa shape index (κ2) is 6.39. The van der Waals surface area contributed by atoms with Crippen LogP contribution in [-0.4, -0.2) is 16.2 Å². The lowest BCUT2D eigenvalue weighted by molar-refractivity contribution is 0.209. The molecule has 0 aliphatic rings. The van der Waals surface area contributed by atoms with Gasteiger partial charge in [0, 0.05) is 5.56 Å². The van der Waals surface area contributed by atoms with Gasteiger partial charge in [-0.15, -0.1) is 0 Å². The molecule has 3 rings (SSSR count). The molecule has 2 N–H and O–H groups in total. The van der Waals surface area contributed by atoms with Crippen molar-refractivity contribution in [1.29, 1.82) is 0 Å². The van der Waals surface area contributed by atoms with E-state index in [-0.39, 0.29) is 17.3 Å². The Labute approximate surface area is 139 Å². The molecule has 0 radical (unpaired) electrons. The number of carboxylic acid groups (broad SMARTS) is 1. The van der Waals surface area contributed by atoms with Crippen LogP contribution in [0.15, 0.2) is 36.4 Å². The van der Waals surface area contributed by atoms with Crippen LogP contribution in [0.4, 0.5) is 14.3 Å². The maximum absolute atomic E-state index is 13.7. The van der Waals surface area contributed by atoms with Gasteiger partial charge in [0.25, 0.3) is 0 Å². The average Bonchev–Trinajstić information content (AvgIpc) is 2.87. The molecule has 0 atom stereocenters. The fourth-order valence-corrected chi connectivity index (χ4v) is 3.07. The van der Waals surface area contributed by atoms with E-state index in [1.165, 1.54) is 23.5 Å². The summed E-state index contributed by atoms with van der Waals surface area (Å²) in [7, 11) is 0. The number of anilines is 1. The highest BCUT2D eigenvalue weighted by atomic mass is 35.5. The molecule has 0 fully saturated rings. The van der Waals surface area contributed by atoms with Crippen LogP contribution >= 0.6 is 22.9 Å². The van der Waals surface area contributed by atoms with Gasteiger partial charge in [-0.25, -0.2) is 14.2 Å². The van der Waals surface area contributed by atoms with Crippen molar-refractivity contribution < 1.29 is 19.0 Å². The maximum Gasteiger partial charge on any atom is 0.410 e. The summed E-state index contributed by atoms with van der Waals surface area (Å²) < 4.78 is 20.0. The fourth-order valence-electron chi connectivity index (χ4n) is 1.97. The van der Waals surface area contributed by atoms with Crippen LogP contribution in [0, 0.1) is 5.82 Å². The third-order valence-corrected chi connectivity index (χ3v) is 4.31. The van der Waals surface area contributed by atoms with E-state index in [2.05, 4.69) is 10.3 Å². The van der Waals surface area contributed by atoms with E-state index in [1.54, 1.807) is 24.3 Å². The molecule has 118 valence electrons. The second-order valence-electron chi connectivity index (χ2n) is 4.57. The molecular formula is C15H10ClFN2O3S. The molecule has 0 aliphatic carbocycles. The van der Waals surface area contributed by atoms with Gasteiger partial charge in [-0.1, -0.05) is 29.0 Å². The summed E-state index contributed by atoms with van der Waals surface area (Å²) in [5.74, 6) is 0.0895. The first-order valence-electron chi connectivity index (χ1n) is 6.49. The molecule has 0 spiro atoms. The highest BCUT2D eigenvalue weighted by Crippen LogP contribution is 2.30. The summed E-state index contributed by atoms with van der Waals surface area (Å²) in [6.45, 7) is -0.00392. The summed E-state index contributed by atoms with van der Waals surface area (Å²) in [5.41, 5.74) is 0.932. The largest absolute Gasteiger partial charge is 0.489 e. The predicted molar refractivity (Wildman–Crippen MR) is 87.0 cm³/mol. The molecule has 0 saturated heterocycles. The number of hydrogen-bond donors (Lipinski definition) is 2. The molecule has 0 saturated carbocycles. The molecule has 3 aromatic rings. The highest BCUT2D eigenvalue weighted by Gasteiger charge is 2.10. The van der Waals surface area contributed by atoms with E-state index in [4.69, 9.17) is 21.4 Å². The van der Waals surface area contributed by atoms with Gasteiger partial charge < -0.3 is 9.84 Å². The van der Waals surface area contributed by atoms with Crippen LogP contribution in [0.2, 0.25) is 5.02 Å². The minimum Gasteiger partial charge on any atom is -0.489 e. The smallest absolute Gasteiger partial charge is 0.410 e. The summed E-state index contributed by atoms with van der Waals surface area (Å²) in [6, 6.07) is 9.55. The highest BCUT2D eigenvalue weighted by molar-refractivity contribution is 7.22. The van der Waals surface area contributed by atoms with Crippen molar-refractivity contribution in [3.63, 3.8) is 0 Å². The van der Waals surface area contributed by atoms with Crippen LogP contribution in [0.3, 0.4) is 0 Å². The quantitative estimate of drug-likeness (QED) is 0.710. The molecule has 23 heavy (non-hydrogen) atoms. The van der Waals surface area contributed by atoms with E-state index >= 15 is 0 Å². The average molecular weight is 353 g/mol. The molecule has 0 bridgehead atoms. The van der Waals surface area contributed by atoms with E-state index < -0.39 is 11.9 Å². The lowest BCUT2D eigenvalue weighted by Gasteiger charge is -2.08. The Hall–Kier alpha value is -2.38. The minimum absolute atomic E-state index is 0.00392. The first kappa shape index (κ1) is 15.5. The molecule has 2 aromatic carbocycles. The van der Waals surface area contributed by atoms with Crippen molar-refractivity contribution in [2.45, 2.75) is 6.61 Å². The molecule has 5 nitrogen and oxygen atoms in total. The topological polar surface area (TPSA) is 71.5 Å². The third-order valence-electron chi connectivity index (χ3n) is 3.02. The van der Waals surface area contributed by atoms with Crippen molar-refractivity contribution in [3.8, 4) is 5.75 Å². The van der Waals surface area contributed by atoms with Gasteiger partial charge in [0.05, 0.1) is 15.2 Å². The van der Waals surface area contributed by atoms with E-state index in [1.807, 2.05) is 0 Å². The number of carbonyl (C=O) groups is 1. The van der Waals surface area contributed by atoms with Crippen molar-refractivity contribution in [2.75, 3.05) is 5.32 Å². The number of halogens is 2. The summed E-state index contributed by atoms with van der Waals surface area (Å²) in [5, 5.41) is 11.5. The summed E-state index contributed by atoms with van der Waals surface area (Å²) >= 11 is 7.14. The monoisotopic (exact) mass is 352 g/mol. The van der Waals surface area contributed by atoms with Gasteiger partial charge in [0.2, 0.25) is 0 Å². The van der Waals surface area contributed by atoms with E-state index in [9.17, 15) is 9.18 Å². The number of aromatic nitrogens is 1. The number of benzene rings is 2. The number of thiazole rings is 1. The van der Waals surface area contributed by atoms with Crippen LogP contribution in [0.25, 0.3) is 10.2 Å². The Balaban J connectivity index is 1.79. The number of fused-ring (bicyclic) bond motifs is 1. The Kier molecular flexibility index (Phi) is 4.31. The number of nitrogens with zero attached hydrogens (tertiary/aromatic N) is 1. The zero-order chi connectivity index (χ0) is 16.4.